The molecule has 5 heteroatoms. The van der Waals surface area contributed by atoms with Crippen molar-refractivity contribution in [3.05, 3.63) is 33.4 Å². The summed E-state index contributed by atoms with van der Waals surface area (Å²) >= 11 is 0. The van der Waals surface area contributed by atoms with Crippen LogP contribution in [0, 0.1) is 17.0 Å². The Morgan fingerprint density at radius 3 is 2.47 bits per heavy atom. The summed E-state index contributed by atoms with van der Waals surface area (Å²) in [5.74, 6) is -0.118. The fraction of sp³-hybridized carbons (Fsp3) is 0.300. The molecule has 0 aliphatic carbocycles. The first-order valence-corrected chi connectivity index (χ1v) is 4.76. The summed E-state index contributed by atoms with van der Waals surface area (Å²) in [7, 11) is 0.702. The lowest BCUT2D eigenvalue weighted by molar-refractivity contribution is -0.385. The van der Waals surface area contributed by atoms with E-state index in [1.165, 1.54) is 13.0 Å². The maximum Gasteiger partial charge on any atom is 0.272 e. The minimum Gasteiger partial charge on any atom is -0.295 e. The number of nitro benzene ring substituents is 1. The van der Waals surface area contributed by atoms with Crippen LogP contribution in [0.25, 0.3) is 0 Å². The predicted molar refractivity (Wildman–Crippen MR) is 60.5 cm³/mol. The van der Waals surface area contributed by atoms with Crippen LogP contribution < -0.4 is 5.46 Å². The van der Waals surface area contributed by atoms with E-state index in [1.54, 1.807) is 13.0 Å². The molecule has 0 saturated carbocycles. The number of benzene rings is 1. The van der Waals surface area contributed by atoms with Gasteiger partial charge < -0.3 is 0 Å². The quantitative estimate of drug-likeness (QED) is 0.322. The number of Topliss-reactive ketones (excluding diaryl/α,β-unsaturated/α-hetero) is 1. The number of nitro groups is 1. The van der Waals surface area contributed by atoms with Crippen molar-refractivity contribution in [1.29, 1.82) is 0 Å². The molecular weight excluding hydrogens is 193 g/mol. The molecule has 0 atom stereocenters. The van der Waals surface area contributed by atoms with E-state index in [1.807, 2.05) is 6.82 Å². The topological polar surface area (TPSA) is 60.2 Å². The first kappa shape index (κ1) is 11.4. The zero-order chi connectivity index (χ0) is 11.6. The molecule has 0 saturated heterocycles. The first-order chi connectivity index (χ1) is 6.99. The van der Waals surface area contributed by atoms with Crippen molar-refractivity contribution >= 4 is 24.2 Å². The number of ketones is 1. The first-order valence-electron chi connectivity index (χ1n) is 4.76. The Morgan fingerprint density at radius 2 is 2.07 bits per heavy atom. The largest absolute Gasteiger partial charge is 0.295 e. The molecule has 0 amide bonds. The van der Waals surface area contributed by atoms with Gasteiger partial charge in [0.15, 0.2) is 13.1 Å². The van der Waals surface area contributed by atoms with Crippen LogP contribution in [0.1, 0.15) is 22.8 Å². The van der Waals surface area contributed by atoms with E-state index >= 15 is 0 Å². The molecule has 0 radical (unpaired) electrons. The van der Waals surface area contributed by atoms with Crippen molar-refractivity contribution in [3.63, 3.8) is 0 Å². The Labute approximate surface area is 88.7 Å². The lowest BCUT2D eigenvalue weighted by Gasteiger charge is -2.08. The predicted octanol–water partition coefficient (Wildman–Crippen LogP) is 1.22. The summed E-state index contributed by atoms with van der Waals surface area (Å²) in [6.45, 7) is 4.98. The zero-order valence-corrected chi connectivity index (χ0v) is 9.03. The smallest absolute Gasteiger partial charge is 0.272 e. The SMILES string of the molecule is CBc1ccc([N+](=O)[O-])c(C)c1C(C)=O. The van der Waals surface area contributed by atoms with Gasteiger partial charge in [-0.2, -0.15) is 0 Å². The Balaban J connectivity index is 3.49. The summed E-state index contributed by atoms with van der Waals surface area (Å²) in [5, 5.41) is 10.7. The normalized spacial score (nSPS) is 9.80. The van der Waals surface area contributed by atoms with Crippen molar-refractivity contribution in [2.45, 2.75) is 20.7 Å². The summed E-state index contributed by atoms with van der Waals surface area (Å²) < 4.78 is 0. The average molecular weight is 205 g/mol. The molecule has 0 spiro atoms. The van der Waals surface area contributed by atoms with E-state index in [0.29, 0.717) is 18.4 Å². The molecule has 0 heterocycles. The highest BCUT2D eigenvalue weighted by Crippen LogP contribution is 2.19. The van der Waals surface area contributed by atoms with Gasteiger partial charge in [0.25, 0.3) is 5.69 Å². The fourth-order valence-electron chi connectivity index (χ4n) is 1.74. The lowest BCUT2D eigenvalue weighted by atomic mass is 9.69. The fourth-order valence-corrected chi connectivity index (χ4v) is 1.74. The molecule has 0 N–H and O–H groups in total. The van der Waals surface area contributed by atoms with Crippen molar-refractivity contribution in [3.8, 4) is 0 Å². The van der Waals surface area contributed by atoms with Crippen LogP contribution in [0.2, 0.25) is 6.82 Å². The number of nitrogens with zero attached hydrogens (tertiary/aromatic N) is 1. The molecule has 0 aromatic heterocycles. The Hall–Kier alpha value is -1.65. The van der Waals surface area contributed by atoms with Crippen molar-refractivity contribution in [2.24, 2.45) is 0 Å². The van der Waals surface area contributed by atoms with Crippen LogP contribution >= 0.6 is 0 Å². The van der Waals surface area contributed by atoms with Crippen molar-refractivity contribution in [2.75, 3.05) is 0 Å². The summed E-state index contributed by atoms with van der Waals surface area (Å²) in [4.78, 5) is 21.6. The van der Waals surface area contributed by atoms with E-state index < -0.39 is 4.92 Å². The van der Waals surface area contributed by atoms with E-state index in [0.717, 1.165) is 5.46 Å². The van der Waals surface area contributed by atoms with E-state index in [4.69, 9.17) is 0 Å². The molecule has 0 unspecified atom stereocenters. The van der Waals surface area contributed by atoms with Crippen molar-refractivity contribution < 1.29 is 9.72 Å². The standard InChI is InChI=1S/C10H12BNO3/c1-6-9(12(14)15)5-4-8(11-3)10(6)7(2)13/h4-5,11H,1-3H3. The molecule has 0 bridgehead atoms. The highest BCUT2D eigenvalue weighted by atomic mass is 16.6. The van der Waals surface area contributed by atoms with E-state index in [-0.39, 0.29) is 11.5 Å². The lowest BCUT2D eigenvalue weighted by Crippen LogP contribution is -2.21. The van der Waals surface area contributed by atoms with E-state index in [2.05, 4.69) is 0 Å². The third-order valence-corrected chi connectivity index (χ3v) is 2.45. The number of hydrogen-bond acceptors (Lipinski definition) is 3. The van der Waals surface area contributed by atoms with Crippen LogP contribution in [0.4, 0.5) is 5.69 Å². The van der Waals surface area contributed by atoms with Crippen molar-refractivity contribution in [1.82, 2.24) is 0 Å². The van der Waals surface area contributed by atoms with E-state index in [9.17, 15) is 14.9 Å². The molecule has 1 aromatic carbocycles. The molecule has 0 aliphatic rings. The molecular formula is C10H12BNO3. The molecule has 78 valence electrons. The molecule has 1 aromatic rings. The van der Waals surface area contributed by atoms with Gasteiger partial charge in [0.05, 0.1) is 4.92 Å². The minimum atomic E-state index is -0.457. The second-order valence-corrected chi connectivity index (χ2v) is 3.41. The molecule has 1 rings (SSSR count). The molecule has 4 nitrogen and oxygen atoms in total. The summed E-state index contributed by atoms with van der Waals surface area (Å²) in [6.07, 6.45) is 0. The highest BCUT2D eigenvalue weighted by molar-refractivity contribution is 6.54. The average Bonchev–Trinajstić information content (AvgIpc) is 2.15. The third-order valence-electron chi connectivity index (χ3n) is 2.45. The molecule has 15 heavy (non-hydrogen) atoms. The van der Waals surface area contributed by atoms with Gasteiger partial charge in [-0.05, 0) is 13.8 Å². The Morgan fingerprint density at radius 1 is 1.47 bits per heavy atom. The van der Waals surface area contributed by atoms with Gasteiger partial charge in [-0.25, -0.2) is 0 Å². The molecule has 0 fully saturated rings. The Bertz CT molecular complexity index is 429. The van der Waals surface area contributed by atoms with Gasteiger partial charge in [0.2, 0.25) is 0 Å². The summed E-state index contributed by atoms with van der Waals surface area (Å²) in [6, 6.07) is 3.11. The van der Waals surface area contributed by atoms with Crippen LogP contribution in [0.15, 0.2) is 12.1 Å². The van der Waals surface area contributed by atoms with Crippen LogP contribution in [-0.4, -0.2) is 18.0 Å². The van der Waals surface area contributed by atoms with Gasteiger partial charge in [0, 0.05) is 17.2 Å². The van der Waals surface area contributed by atoms with Gasteiger partial charge in [0.1, 0.15) is 0 Å². The zero-order valence-electron chi connectivity index (χ0n) is 9.03. The second kappa shape index (κ2) is 4.25. The van der Waals surface area contributed by atoms with Gasteiger partial charge in [-0.1, -0.05) is 18.4 Å². The maximum absolute atomic E-state index is 11.4. The van der Waals surface area contributed by atoms with Crippen LogP contribution in [0.5, 0.6) is 0 Å². The second-order valence-electron chi connectivity index (χ2n) is 3.41. The highest BCUT2D eigenvalue weighted by Gasteiger charge is 2.18. The number of carbonyl (C=O) groups excluding carboxylic acids is 1. The monoisotopic (exact) mass is 205 g/mol. The number of hydrogen-bond donors (Lipinski definition) is 0. The van der Waals surface area contributed by atoms with Crippen LogP contribution in [-0.2, 0) is 0 Å². The minimum absolute atomic E-state index is 0.0115. The van der Waals surface area contributed by atoms with Crippen LogP contribution in [0.3, 0.4) is 0 Å². The third kappa shape index (κ3) is 2.06. The maximum atomic E-state index is 11.4. The van der Waals surface area contributed by atoms with Gasteiger partial charge in [-0.15, -0.1) is 0 Å². The molecule has 0 aliphatic heterocycles. The Kier molecular flexibility index (Phi) is 3.24. The number of carbonyl (C=O) groups is 1. The van der Waals surface area contributed by atoms with Gasteiger partial charge in [-0.3, -0.25) is 14.9 Å². The number of rotatable bonds is 3. The summed E-state index contributed by atoms with van der Waals surface area (Å²) in [5.41, 5.74) is 1.83. The van der Waals surface area contributed by atoms with Gasteiger partial charge >= 0.3 is 0 Å².